The summed E-state index contributed by atoms with van der Waals surface area (Å²) in [6.45, 7) is 6.57. The highest BCUT2D eigenvalue weighted by Gasteiger charge is 2.32. The molecule has 2 unspecified atom stereocenters. The van der Waals surface area contributed by atoms with Crippen LogP contribution in [0.4, 0.5) is 8.78 Å². The zero-order valence-corrected chi connectivity index (χ0v) is 19.3. The fourth-order valence-corrected chi connectivity index (χ4v) is 3.86. The molecule has 0 radical (unpaired) electrons. The number of rotatable bonds is 5. The molecule has 0 aliphatic rings. The van der Waals surface area contributed by atoms with Crippen LogP contribution in [-0.4, -0.2) is 27.7 Å². The van der Waals surface area contributed by atoms with E-state index >= 15 is 4.39 Å². The molecule has 5 nitrogen and oxygen atoms in total. The largest absolute Gasteiger partial charge is 0.503 e. The van der Waals surface area contributed by atoms with Gasteiger partial charge < -0.3 is 9.84 Å². The Balaban J connectivity index is 2.28. The number of hydrogen-bond acceptors (Lipinski definition) is 4. The number of aromatic nitrogens is 1. The molecular formula is C23H21Cl2F2NO4. The SMILES string of the molecule is CCC(C)OC(=O)C(C)c1c(C)n(C(=O)c2ccc(Cl)c(Cl)c2)c2cc(F)c(O)c(F)c12. The third-order valence-electron chi connectivity index (χ3n) is 5.46. The van der Waals surface area contributed by atoms with Crippen LogP contribution in [0.3, 0.4) is 0 Å². The summed E-state index contributed by atoms with van der Waals surface area (Å²) < 4.78 is 35.7. The number of hydrogen-bond donors (Lipinski definition) is 1. The molecule has 0 aliphatic heterocycles. The molecule has 32 heavy (non-hydrogen) atoms. The standard InChI is InChI=1S/C23H21Cl2F2NO4/c1-5-10(2)32-23(31)11(3)18-12(4)28(17-9-16(26)21(29)20(27)19(17)18)22(30)13-6-7-14(24)15(25)8-13/h6-11,29H,5H2,1-4H3. The molecule has 2 atom stereocenters. The Kier molecular flexibility index (Phi) is 6.81. The summed E-state index contributed by atoms with van der Waals surface area (Å²) in [5.74, 6) is -5.95. The maximum absolute atomic E-state index is 15.0. The van der Waals surface area contributed by atoms with E-state index in [-0.39, 0.29) is 43.9 Å². The third kappa shape index (κ3) is 4.07. The highest BCUT2D eigenvalue weighted by atomic mass is 35.5. The van der Waals surface area contributed by atoms with Gasteiger partial charge in [0.2, 0.25) is 0 Å². The van der Waals surface area contributed by atoms with E-state index in [1.54, 1.807) is 6.92 Å². The van der Waals surface area contributed by atoms with Crippen molar-refractivity contribution in [2.45, 2.75) is 46.1 Å². The Labute approximate surface area is 193 Å². The van der Waals surface area contributed by atoms with Crippen molar-refractivity contribution >= 4 is 46.0 Å². The van der Waals surface area contributed by atoms with Gasteiger partial charge in [-0.3, -0.25) is 14.2 Å². The van der Waals surface area contributed by atoms with Crippen LogP contribution >= 0.6 is 23.2 Å². The molecule has 0 bridgehead atoms. The van der Waals surface area contributed by atoms with Crippen LogP contribution < -0.4 is 0 Å². The topological polar surface area (TPSA) is 68.5 Å². The predicted octanol–water partition coefficient (Wildman–Crippen LogP) is 6.37. The van der Waals surface area contributed by atoms with Crippen LogP contribution in [-0.2, 0) is 9.53 Å². The lowest BCUT2D eigenvalue weighted by atomic mass is 9.97. The van der Waals surface area contributed by atoms with Crippen molar-refractivity contribution in [3.8, 4) is 5.75 Å². The smallest absolute Gasteiger partial charge is 0.313 e. The van der Waals surface area contributed by atoms with Crippen LogP contribution in [0, 0.1) is 18.6 Å². The van der Waals surface area contributed by atoms with E-state index in [2.05, 4.69) is 0 Å². The number of aromatic hydroxyl groups is 1. The summed E-state index contributed by atoms with van der Waals surface area (Å²) in [6, 6.07) is 5.05. The first-order valence-electron chi connectivity index (χ1n) is 9.91. The third-order valence-corrected chi connectivity index (χ3v) is 6.20. The monoisotopic (exact) mass is 483 g/mol. The number of carbonyl (C=O) groups excluding carboxylic acids is 2. The molecule has 0 amide bonds. The summed E-state index contributed by atoms with van der Waals surface area (Å²) in [6.07, 6.45) is 0.210. The van der Waals surface area contributed by atoms with Crippen molar-refractivity contribution in [2.75, 3.05) is 0 Å². The van der Waals surface area contributed by atoms with E-state index < -0.39 is 35.2 Å². The second-order valence-electron chi connectivity index (χ2n) is 7.56. The van der Waals surface area contributed by atoms with Crippen molar-refractivity contribution in [3.05, 3.63) is 62.8 Å². The second-order valence-corrected chi connectivity index (χ2v) is 8.38. The van der Waals surface area contributed by atoms with E-state index in [1.807, 2.05) is 6.92 Å². The van der Waals surface area contributed by atoms with Crippen molar-refractivity contribution in [2.24, 2.45) is 0 Å². The van der Waals surface area contributed by atoms with Crippen LogP contribution in [0.5, 0.6) is 5.75 Å². The first-order valence-corrected chi connectivity index (χ1v) is 10.7. The number of nitrogens with zero attached hydrogens (tertiary/aromatic N) is 1. The molecule has 1 N–H and O–H groups in total. The van der Waals surface area contributed by atoms with Gasteiger partial charge in [-0.15, -0.1) is 0 Å². The maximum Gasteiger partial charge on any atom is 0.313 e. The van der Waals surface area contributed by atoms with Gasteiger partial charge in [0.05, 0.1) is 27.6 Å². The highest BCUT2D eigenvalue weighted by Crippen LogP contribution is 2.39. The molecule has 0 spiro atoms. The Morgan fingerprint density at radius 2 is 1.81 bits per heavy atom. The molecule has 0 fully saturated rings. The second kappa shape index (κ2) is 9.08. The number of fused-ring (bicyclic) bond motifs is 1. The molecule has 0 saturated heterocycles. The summed E-state index contributed by atoms with van der Waals surface area (Å²) >= 11 is 11.9. The maximum atomic E-state index is 15.0. The van der Waals surface area contributed by atoms with E-state index in [0.717, 1.165) is 10.6 Å². The molecular weight excluding hydrogens is 463 g/mol. The number of ether oxygens (including phenoxy) is 1. The molecule has 0 saturated carbocycles. The predicted molar refractivity (Wildman–Crippen MR) is 119 cm³/mol. The van der Waals surface area contributed by atoms with Gasteiger partial charge in [-0.25, -0.2) is 8.78 Å². The van der Waals surface area contributed by atoms with Crippen molar-refractivity contribution in [3.63, 3.8) is 0 Å². The first kappa shape index (κ1) is 24.0. The highest BCUT2D eigenvalue weighted by molar-refractivity contribution is 6.42. The molecule has 3 rings (SSSR count). The lowest BCUT2D eigenvalue weighted by Gasteiger charge is -2.16. The summed E-state index contributed by atoms with van der Waals surface area (Å²) in [5, 5.41) is 10.00. The van der Waals surface area contributed by atoms with Gasteiger partial charge in [-0.05, 0) is 51.0 Å². The van der Waals surface area contributed by atoms with Gasteiger partial charge in [0.25, 0.3) is 5.91 Å². The number of halogens is 4. The summed E-state index contributed by atoms with van der Waals surface area (Å²) in [4.78, 5) is 26.0. The van der Waals surface area contributed by atoms with Crippen LogP contribution in [0.25, 0.3) is 10.9 Å². The molecule has 9 heteroatoms. The quantitative estimate of drug-likeness (QED) is 0.427. The van der Waals surface area contributed by atoms with Gasteiger partial charge >= 0.3 is 5.97 Å². The fraction of sp³-hybridized carbons (Fsp3) is 0.304. The van der Waals surface area contributed by atoms with Crippen LogP contribution in [0.2, 0.25) is 10.0 Å². The van der Waals surface area contributed by atoms with Gasteiger partial charge in [0, 0.05) is 22.7 Å². The average Bonchev–Trinajstić information content (AvgIpc) is 3.04. The Bertz CT molecular complexity index is 1240. The van der Waals surface area contributed by atoms with E-state index in [9.17, 15) is 19.1 Å². The molecule has 170 valence electrons. The van der Waals surface area contributed by atoms with Crippen molar-refractivity contribution < 1.29 is 28.2 Å². The molecule has 1 heterocycles. The zero-order valence-electron chi connectivity index (χ0n) is 17.8. The van der Waals surface area contributed by atoms with Crippen molar-refractivity contribution in [1.29, 1.82) is 0 Å². The lowest BCUT2D eigenvalue weighted by Crippen LogP contribution is -2.20. The molecule has 2 aromatic carbocycles. The Morgan fingerprint density at radius 1 is 1.16 bits per heavy atom. The minimum absolute atomic E-state index is 0.120. The Hall–Kier alpha value is -2.64. The average molecular weight is 484 g/mol. The number of esters is 1. The number of carbonyl (C=O) groups is 2. The minimum atomic E-state index is -1.26. The minimum Gasteiger partial charge on any atom is -0.503 e. The molecule has 1 aromatic heterocycles. The normalized spacial score (nSPS) is 13.2. The van der Waals surface area contributed by atoms with E-state index in [4.69, 9.17) is 27.9 Å². The molecule has 0 aliphatic carbocycles. The number of phenolic OH excluding ortho intramolecular Hbond substituents is 1. The number of benzene rings is 2. The summed E-state index contributed by atoms with van der Waals surface area (Å²) in [7, 11) is 0. The summed E-state index contributed by atoms with van der Waals surface area (Å²) in [5.41, 5.74) is 0.308. The first-order chi connectivity index (χ1) is 15.0. The van der Waals surface area contributed by atoms with Crippen molar-refractivity contribution in [1.82, 2.24) is 4.57 Å². The Morgan fingerprint density at radius 3 is 2.41 bits per heavy atom. The van der Waals surface area contributed by atoms with E-state index in [1.165, 1.54) is 32.0 Å². The van der Waals surface area contributed by atoms with Gasteiger partial charge in [0.1, 0.15) is 0 Å². The van der Waals surface area contributed by atoms with Gasteiger partial charge in [0.15, 0.2) is 17.4 Å². The molecule has 3 aromatic rings. The van der Waals surface area contributed by atoms with Crippen LogP contribution in [0.15, 0.2) is 24.3 Å². The number of phenols is 1. The van der Waals surface area contributed by atoms with Gasteiger partial charge in [-0.2, -0.15) is 0 Å². The van der Waals surface area contributed by atoms with Gasteiger partial charge in [-0.1, -0.05) is 30.1 Å². The lowest BCUT2D eigenvalue weighted by molar-refractivity contribution is -0.149. The van der Waals surface area contributed by atoms with Crippen LogP contribution in [0.1, 0.15) is 54.7 Å². The van der Waals surface area contributed by atoms with E-state index in [0.29, 0.717) is 6.42 Å². The zero-order chi connectivity index (χ0) is 23.9. The fourth-order valence-electron chi connectivity index (χ4n) is 3.56.